The molecule has 5 aromatic rings. The summed E-state index contributed by atoms with van der Waals surface area (Å²) in [7, 11) is 0. The fourth-order valence-electron chi connectivity index (χ4n) is 4.75. The number of carboxylic acid groups (broad SMARTS) is 1. The Morgan fingerprint density at radius 3 is 2.24 bits per heavy atom. The molecular weight excluding hydrogens is 537 g/mol. The van der Waals surface area contributed by atoms with Crippen molar-refractivity contribution in [3.8, 4) is 34.0 Å². The van der Waals surface area contributed by atoms with Crippen LogP contribution in [0.3, 0.4) is 0 Å². The van der Waals surface area contributed by atoms with Gasteiger partial charge in [0, 0.05) is 29.6 Å². The second-order valence-corrected chi connectivity index (χ2v) is 9.84. The molecule has 4 N–H and O–H groups in total. The van der Waals surface area contributed by atoms with Crippen molar-refractivity contribution >= 4 is 17.6 Å². The Morgan fingerprint density at radius 1 is 0.857 bits per heavy atom. The van der Waals surface area contributed by atoms with Crippen molar-refractivity contribution in [3.63, 3.8) is 0 Å². The van der Waals surface area contributed by atoms with Crippen LogP contribution in [-0.4, -0.2) is 53.0 Å². The largest absolute Gasteiger partial charge is 0.481 e. The molecule has 2 atom stereocenters. The Bertz CT molecular complexity index is 1630. The average Bonchev–Trinajstić information content (AvgIpc) is 3.37. The number of aromatic nitrogens is 4. The van der Waals surface area contributed by atoms with E-state index in [4.69, 9.17) is 15.1 Å². The standard InChI is InChI=1S/C32H30FN5O4/c33-23-13-11-21(12-14-23)30-29(27-15-17-34-32(36-27)35-24-9-5-2-6-10-24)37-31(22-7-3-1-4-8-22)38(30)18-16-25(39)19-26(40)20-28(41)42/h1-15,17,25-26,39-40H,16,18-20H2,(H,41,42)(H,34,35,36). The molecule has 0 radical (unpaired) electrons. The Morgan fingerprint density at radius 2 is 1.55 bits per heavy atom. The summed E-state index contributed by atoms with van der Waals surface area (Å²) in [6.45, 7) is 0.283. The summed E-state index contributed by atoms with van der Waals surface area (Å²) in [5.41, 5.74) is 4.08. The third kappa shape index (κ3) is 7.03. The van der Waals surface area contributed by atoms with Gasteiger partial charge < -0.3 is 25.2 Å². The van der Waals surface area contributed by atoms with E-state index in [2.05, 4.69) is 10.3 Å². The fourth-order valence-corrected chi connectivity index (χ4v) is 4.75. The number of benzene rings is 3. The molecule has 0 saturated heterocycles. The molecule has 2 unspecified atom stereocenters. The number of hydrogen-bond donors (Lipinski definition) is 4. The summed E-state index contributed by atoms with van der Waals surface area (Å²) in [5.74, 6) is -0.527. The molecule has 10 heteroatoms. The van der Waals surface area contributed by atoms with E-state index in [-0.39, 0.29) is 25.2 Å². The van der Waals surface area contributed by atoms with Gasteiger partial charge in [-0.15, -0.1) is 0 Å². The predicted molar refractivity (Wildman–Crippen MR) is 157 cm³/mol. The van der Waals surface area contributed by atoms with E-state index in [0.29, 0.717) is 34.4 Å². The first kappa shape index (κ1) is 28.6. The van der Waals surface area contributed by atoms with Gasteiger partial charge in [-0.3, -0.25) is 4.79 Å². The number of aliphatic hydroxyl groups is 2. The molecule has 214 valence electrons. The van der Waals surface area contributed by atoms with E-state index in [9.17, 15) is 19.4 Å². The number of nitrogens with zero attached hydrogens (tertiary/aromatic N) is 4. The zero-order chi connectivity index (χ0) is 29.5. The van der Waals surface area contributed by atoms with Crippen molar-refractivity contribution < 1.29 is 24.5 Å². The zero-order valence-electron chi connectivity index (χ0n) is 22.6. The summed E-state index contributed by atoms with van der Waals surface area (Å²) in [5, 5.41) is 32.9. The van der Waals surface area contributed by atoms with Crippen LogP contribution in [0, 0.1) is 5.82 Å². The van der Waals surface area contributed by atoms with E-state index < -0.39 is 24.6 Å². The van der Waals surface area contributed by atoms with E-state index in [1.807, 2.05) is 65.2 Å². The topological polar surface area (TPSA) is 133 Å². The minimum Gasteiger partial charge on any atom is -0.481 e. The Hall–Kier alpha value is -4.93. The summed E-state index contributed by atoms with van der Waals surface area (Å²) >= 11 is 0. The number of anilines is 2. The number of carboxylic acids is 1. The molecule has 42 heavy (non-hydrogen) atoms. The third-order valence-corrected chi connectivity index (χ3v) is 6.69. The van der Waals surface area contributed by atoms with Crippen molar-refractivity contribution in [1.29, 1.82) is 0 Å². The molecule has 5 rings (SSSR count). The zero-order valence-corrected chi connectivity index (χ0v) is 22.6. The van der Waals surface area contributed by atoms with Gasteiger partial charge >= 0.3 is 5.97 Å². The van der Waals surface area contributed by atoms with Gasteiger partial charge in [-0.25, -0.2) is 19.3 Å². The lowest BCUT2D eigenvalue weighted by atomic mass is 10.1. The first-order valence-corrected chi connectivity index (χ1v) is 13.5. The van der Waals surface area contributed by atoms with Crippen LogP contribution < -0.4 is 5.32 Å². The van der Waals surface area contributed by atoms with Crippen LogP contribution in [0.4, 0.5) is 16.0 Å². The lowest BCUT2D eigenvalue weighted by Gasteiger charge is -2.18. The summed E-state index contributed by atoms with van der Waals surface area (Å²) in [6.07, 6.45) is -0.814. The number of halogens is 1. The maximum atomic E-state index is 14.0. The second kappa shape index (κ2) is 13.2. The van der Waals surface area contributed by atoms with Crippen LogP contribution in [0.1, 0.15) is 19.3 Å². The molecule has 0 aliphatic heterocycles. The number of carbonyl (C=O) groups is 1. The lowest BCUT2D eigenvalue weighted by Crippen LogP contribution is -2.22. The first-order valence-electron chi connectivity index (χ1n) is 13.5. The Balaban J connectivity index is 1.59. The van der Waals surface area contributed by atoms with E-state index >= 15 is 0 Å². The Labute approximate surface area is 242 Å². The molecule has 0 saturated carbocycles. The molecule has 0 bridgehead atoms. The smallest absolute Gasteiger partial charge is 0.305 e. The average molecular weight is 568 g/mol. The van der Waals surface area contributed by atoms with Gasteiger partial charge in [0.25, 0.3) is 0 Å². The minimum absolute atomic E-state index is 0.0825. The maximum absolute atomic E-state index is 14.0. The highest BCUT2D eigenvalue weighted by molar-refractivity contribution is 5.81. The van der Waals surface area contributed by atoms with Crippen molar-refractivity contribution in [3.05, 3.63) is 103 Å². The van der Waals surface area contributed by atoms with Crippen molar-refractivity contribution in [2.75, 3.05) is 5.32 Å². The molecule has 0 spiro atoms. The molecule has 0 fully saturated rings. The molecule has 0 aliphatic rings. The number of aliphatic hydroxyl groups excluding tert-OH is 2. The highest BCUT2D eigenvalue weighted by Crippen LogP contribution is 2.36. The number of imidazole rings is 1. The van der Waals surface area contributed by atoms with E-state index in [0.717, 1.165) is 11.3 Å². The summed E-state index contributed by atoms with van der Waals surface area (Å²) in [4.78, 5) is 25.1. The molecule has 2 aromatic heterocycles. The number of rotatable bonds is 12. The van der Waals surface area contributed by atoms with Gasteiger partial charge in [-0.1, -0.05) is 48.5 Å². The van der Waals surface area contributed by atoms with Crippen molar-refractivity contribution in [1.82, 2.24) is 19.5 Å². The number of aliphatic carboxylic acids is 1. The molecule has 0 amide bonds. The van der Waals surface area contributed by atoms with Crippen LogP contribution in [0.25, 0.3) is 34.0 Å². The molecular formula is C32H30FN5O4. The molecule has 0 aliphatic carbocycles. The Kier molecular flexibility index (Phi) is 8.96. The van der Waals surface area contributed by atoms with Crippen LogP contribution in [0.5, 0.6) is 0 Å². The van der Waals surface area contributed by atoms with Crippen LogP contribution in [0.15, 0.2) is 97.2 Å². The lowest BCUT2D eigenvalue weighted by molar-refractivity contribution is -0.139. The van der Waals surface area contributed by atoms with Gasteiger partial charge in [0.2, 0.25) is 5.95 Å². The summed E-state index contributed by atoms with van der Waals surface area (Å²) < 4.78 is 15.9. The van der Waals surface area contributed by atoms with E-state index in [1.54, 1.807) is 24.4 Å². The fraction of sp³-hybridized carbons (Fsp3) is 0.188. The van der Waals surface area contributed by atoms with Gasteiger partial charge in [0.05, 0.1) is 30.0 Å². The van der Waals surface area contributed by atoms with Crippen LogP contribution in [0.2, 0.25) is 0 Å². The van der Waals surface area contributed by atoms with E-state index in [1.165, 1.54) is 12.1 Å². The van der Waals surface area contributed by atoms with Gasteiger partial charge in [-0.05, 0) is 55.3 Å². The first-order chi connectivity index (χ1) is 20.4. The monoisotopic (exact) mass is 567 g/mol. The van der Waals surface area contributed by atoms with Crippen LogP contribution >= 0.6 is 0 Å². The van der Waals surface area contributed by atoms with Gasteiger partial charge in [0.15, 0.2) is 0 Å². The SMILES string of the molecule is O=C(O)CC(O)CC(O)CCn1c(-c2ccccc2)nc(-c2ccnc(Nc3ccccc3)n2)c1-c1ccc(F)cc1. The maximum Gasteiger partial charge on any atom is 0.305 e. The third-order valence-electron chi connectivity index (χ3n) is 6.69. The molecule has 2 heterocycles. The van der Waals surface area contributed by atoms with Gasteiger partial charge in [-0.2, -0.15) is 0 Å². The molecule has 3 aromatic carbocycles. The molecule has 9 nitrogen and oxygen atoms in total. The number of nitrogens with one attached hydrogen (secondary N) is 1. The minimum atomic E-state index is -1.17. The number of hydrogen-bond acceptors (Lipinski definition) is 7. The summed E-state index contributed by atoms with van der Waals surface area (Å²) in [6, 6.07) is 26.9. The van der Waals surface area contributed by atoms with Crippen LogP contribution in [-0.2, 0) is 11.3 Å². The quantitative estimate of drug-likeness (QED) is 0.155. The predicted octanol–water partition coefficient (Wildman–Crippen LogP) is 5.53. The highest BCUT2D eigenvalue weighted by atomic mass is 19.1. The second-order valence-electron chi connectivity index (χ2n) is 9.84. The van der Waals surface area contributed by atoms with Gasteiger partial charge in [0.1, 0.15) is 17.3 Å². The van der Waals surface area contributed by atoms with Crippen molar-refractivity contribution in [2.24, 2.45) is 0 Å². The normalized spacial score (nSPS) is 12.5. The van der Waals surface area contributed by atoms with Crippen molar-refractivity contribution in [2.45, 2.75) is 38.0 Å². The number of para-hydroxylation sites is 1. The highest BCUT2D eigenvalue weighted by Gasteiger charge is 2.24.